The van der Waals surface area contributed by atoms with Crippen LogP contribution in [0.5, 0.6) is 11.5 Å². The fourth-order valence-electron chi connectivity index (χ4n) is 3.38. The topological polar surface area (TPSA) is 62.6 Å². The number of esters is 1. The minimum absolute atomic E-state index is 0.117. The minimum atomic E-state index is -0.739. The van der Waals surface area contributed by atoms with Gasteiger partial charge in [0.2, 0.25) is 0 Å². The number of rotatable bonds is 3. The number of benzene rings is 2. The second kappa shape index (κ2) is 6.78. The number of methoxy groups -OCH3 is 1. The minimum Gasteiger partial charge on any atom is -0.493 e. The Bertz CT molecular complexity index is 1090. The highest BCUT2D eigenvalue weighted by atomic mass is 19.1. The molecule has 0 N–H and O–H groups in total. The zero-order valence-corrected chi connectivity index (χ0v) is 15.6. The van der Waals surface area contributed by atoms with Gasteiger partial charge in [0.25, 0.3) is 0 Å². The number of nitrogens with zero attached hydrogens (tertiary/aromatic N) is 2. The molecule has 0 saturated heterocycles. The lowest BCUT2D eigenvalue weighted by Gasteiger charge is -2.27. The van der Waals surface area contributed by atoms with Gasteiger partial charge in [0.05, 0.1) is 30.4 Å². The number of carbonyl (C=O) groups is 1. The van der Waals surface area contributed by atoms with Crippen LogP contribution in [0.1, 0.15) is 34.3 Å². The molecule has 0 radical (unpaired) electrons. The molecule has 0 amide bonds. The molecule has 0 saturated carbocycles. The summed E-state index contributed by atoms with van der Waals surface area (Å²) in [6, 6.07) is 5.13. The molecule has 28 heavy (non-hydrogen) atoms. The average Bonchev–Trinajstić information content (AvgIpc) is 2.95. The van der Waals surface area contributed by atoms with Gasteiger partial charge in [-0.05, 0) is 19.1 Å². The van der Waals surface area contributed by atoms with Crippen LogP contribution in [0.4, 0.5) is 8.78 Å². The summed E-state index contributed by atoms with van der Waals surface area (Å²) in [7, 11) is 3.11. The van der Waals surface area contributed by atoms with Crippen LogP contribution in [0, 0.1) is 18.6 Å². The Balaban J connectivity index is 1.83. The predicted molar refractivity (Wildman–Crippen MR) is 96.6 cm³/mol. The van der Waals surface area contributed by atoms with Crippen molar-refractivity contribution in [3.05, 3.63) is 52.9 Å². The van der Waals surface area contributed by atoms with Gasteiger partial charge in [0.1, 0.15) is 40.6 Å². The molecular weight excluding hydrogens is 370 g/mol. The third-order valence-corrected chi connectivity index (χ3v) is 4.88. The SMILES string of the molecule is COC(=O)c1cc(OC2CCOc3cc(F)cc(F)c32)c2nc(C)n(C)c2c1. The average molecular weight is 388 g/mol. The molecule has 3 aromatic rings. The van der Waals surface area contributed by atoms with E-state index in [1.807, 2.05) is 18.5 Å². The summed E-state index contributed by atoms with van der Waals surface area (Å²) in [5.41, 5.74) is 1.67. The van der Waals surface area contributed by atoms with Gasteiger partial charge in [-0.25, -0.2) is 18.6 Å². The van der Waals surface area contributed by atoms with E-state index in [2.05, 4.69) is 4.98 Å². The van der Waals surface area contributed by atoms with Crippen molar-refractivity contribution in [2.75, 3.05) is 13.7 Å². The van der Waals surface area contributed by atoms with E-state index in [0.29, 0.717) is 28.8 Å². The molecule has 0 spiro atoms. The molecule has 1 unspecified atom stereocenters. The monoisotopic (exact) mass is 388 g/mol. The van der Waals surface area contributed by atoms with Gasteiger partial charge in [0, 0.05) is 25.6 Å². The number of ether oxygens (including phenoxy) is 3. The van der Waals surface area contributed by atoms with E-state index in [4.69, 9.17) is 14.2 Å². The fraction of sp³-hybridized carbons (Fsp3) is 0.300. The zero-order valence-electron chi connectivity index (χ0n) is 15.6. The number of hydrogen-bond donors (Lipinski definition) is 0. The summed E-state index contributed by atoms with van der Waals surface area (Å²) in [5.74, 6) is -0.812. The number of aryl methyl sites for hydroxylation is 2. The normalized spacial score (nSPS) is 15.8. The van der Waals surface area contributed by atoms with Gasteiger partial charge in [0.15, 0.2) is 0 Å². The van der Waals surface area contributed by atoms with Crippen LogP contribution in [0.15, 0.2) is 24.3 Å². The van der Waals surface area contributed by atoms with Crippen LogP contribution in [0.2, 0.25) is 0 Å². The van der Waals surface area contributed by atoms with Crippen molar-refractivity contribution in [3.8, 4) is 11.5 Å². The lowest BCUT2D eigenvalue weighted by molar-refractivity contribution is 0.0599. The van der Waals surface area contributed by atoms with Crippen LogP contribution in [0.25, 0.3) is 11.0 Å². The first-order valence-corrected chi connectivity index (χ1v) is 8.73. The molecule has 2 aromatic carbocycles. The van der Waals surface area contributed by atoms with Gasteiger partial charge in [-0.1, -0.05) is 0 Å². The van der Waals surface area contributed by atoms with E-state index in [9.17, 15) is 13.6 Å². The third kappa shape index (κ3) is 2.94. The van der Waals surface area contributed by atoms with Crippen molar-refractivity contribution in [1.82, 2.24) is 9.55 Å². The van der Waals surface area contributed by atoms with E-state index in [-0.39, 0.29) is 17.9 Å². The highest BCUT2D eigenvalue weighted by Gasteiger charge is 2.29. The maximum atomic E-state index is 14.4. The molecule has 1 aromatic heterocycles. The molecular formula is C20H18F2N2O4. The summed E-state index contributed by atoms with van der Waals surface area (Å²) < 4.78 is 46.1. The smallest absolute Gasteiger partial charge is 0.338 e. The van der Waals surface area contributed by atoms with Crippen molar-refractivity contribution >= 4 is 17.0 Å². The molecule has 1 aliphatic rings. The van der Waals surface area contributed by atoms with Crippen LogP contribution in [-0.4, -0.2) is 29.2 Å². The Morgan fingerprint density at radius 1 is 1.29 bits per heavy atom. The third-order valence-electron chi connectivity index (χ3n) is 4.88. The molecule has 0 fully saturated rings. The molecule has 146 valence electrons. The molecule has 2 heterocycles. The summed E-state index contributed by atoms with van der Waals surface area (Å²) in [4.78, 5) is 16.6. The Labute approximate surface area is 159 Å². The summed E-state index contributed by atoms with van der Waals surface area (Å²) in [6.45, 7) is 2.08. The van der Waals surface area contributed by atoms with Gasteiger partial charge in [-0.15, -0.1) is 0 Å². The van der Waals surface area contributed by atoms with Crippen LogP contribution < -0.4 is 9.47 Å². The summed E-state index contributed by atoms with van der Waals surface area (Å²) in [6.07, 6.45) is -0.339. The fourth-order valence-corrected chi connectivity index (χ4v) is 3.38. The molecule has 0 bridgehead atoms. The van der Waals surface area contributed by atoms with Gasteiger partial charge >= 0.3 is 5.97 Å². The van der Waals surface area contributed by atoms with Crippen LogP contribution in [0.3, 0.4) is 0 Å². The number of carbonyl (C=O) groups excluding carboxylic acids is 1. The predicted octanol–water partition coefficient (Wildman–Crippen LogP) is 3.85. The Morgan fingerprint density at radius 3 is 2.82 bits per heavy atom. The van der Waals surface area contributed by atoms with Crippen LogP contribution >= 0.6 is 0 Å². The molecule has 0 aliphatic carbocycles. The lowest BCUT2D eigenvalue weighted by Crippen LogP contribution is -2.20. The van der Waals surface area contributed by atoms with Crippen molar-refractivity contribution in [1.29, 1.82) is 0 Å². The van der Waals surface area contributed by atoms with E-state index in [1.165, 1.54) is 13.2 Å². The number of halogens is 2. The number of hydrogen-bond acceptors (Lipinski definition) is 5. The quantitative estimate of drug-likeness (QED) is 0.638. The molecule has 6 nitrogen and oxygen atoms in total. The molecule has 4 rings (SSSR count). The second-order valence-electron chi connectivity index (χ2n) is 6.59. The zero-order chi connectivity index (χ0) is 20.0. The molecule has 1 atom stereocenters. The number of imidazole rings is 1. The first-order valence-electron chi connectivity index (χ1n) is 8.73. The van der Waals surface area contributed by atoms with E-state index in [1.54, 1.807) is 6.07 Å². The molecule has 1 aliphatic heterocycles. The maximum absolute atomic E-state index is 14.4. The van der Waals surface area contributed by atoms with Gasteiger partial charge < -0.3 is 18.8 Å². The number of fused-ring (bicyclic) bond motifs is 2. The first-order chi connectivity index (χ1) is 13.4. The summed E-state index contributed by atoms with van der Waals surface area (Å²) >= 11 is 0. The Morgan fingerprint density at radius 2 is 2.07 bits per heavy atom. The maximum Gasteiger partial charge on any atom is 0.338 e. The van der Waals surface area contributed by atoms with Crippen molar-refractivity contribution in [2.45, 2.75) is 19.4 Å². The lowest BCUT2D eigenvalue weighted by atomic mass is 10.0. The van der Waals surface area contributed by atoms with Crippen molar-refractivity contribution in [2.24, 2.45) is 7.05 Å². The van der Waals surface area contributed by atoms with E-state index in [0.717, 1.165) is 18.0 Å². The van der Waals surface area contributed by atoms with E-state index >= 15 is 0 Å². The van der Waals surface area contributed by atoms with Crippen molar-refractivity contribution in [3.63, 3.8) is 0 Å². The first kappa shape index (κ1) is 18.2. The highest BCUT2D eigenvalue weighted by molar-refractivity contribution is 5.96. The summed E-state index contributed by atoms with van der Waals surface area (Å²) in [5, 5.41) is 0. The second-order valence-corrected chi connectivity index (χ2v) is 6.59. The van der Waals surface area contributed by atoms with Gasteiger partial charge in [-0.2, -0.15) is 0 Å². The Hall–Kier alpha value is -3.16. The van der Waals surface area contributed by atoms with Crippen molar-refractivity contribution < 1.29 is 27.8 Å². The standard InChI is InChI=1S/C20H18F2N2O4/c1-10-23-19-14(24(10)2)6-11(20(25)26-3)7-17(19)28-15-4-5-27-16-9-12(21)8-13(22)18(15)16/h6-9,15H,4-5H2,1-3H3. The largest absolute Gasteiger partial charge is 0.493 e. The van der Waals surface area contributed by atoms with Crippen LogP contribution in [-0.2, 0) is 11.8 Å². The highest BCUT2D eigenvalue weighted by Crippen LogP contribution is 2.39. The van der Waals surface area contributed by atoms with Gasteiger partial charge in [-0.3, -0.25) is 0 Å². The van der Waals surface area contributed by atoms with E-state index < -0.39 is 23.7 Å². The Kier molecular flexibility index (Phi) is 4.41. The number of aromatic nitrogens is 2. The molecule has 8 heteroatoms.